The highest BCUT2D eigenvalue weighted by Crippen LogP contribution is 2.17. The molecule has 0 saturated carbocycles. The van der Waals surface area contributed by atoms with Crippen molar-refractivity contribution >= 4 is 39.1 Å². The molecule has 0 unspecified atom stereocenters. The number of hydrogen-bond acceptors (Lipinski definition) is 5. The number of nitrogens with zero attached hydrogens (tertiary/aromatic N) is 3. The summed E-state index contributed by atoms with van der Waals surface area (Å²) >= 11 is 4.35. The Morgan fingerprint density at radius 2 is 2.31 bits per heavy atom. The summed E-state index contributed by atoms with van der Waals surface area (Å²) in [7, 11) is 0. The maximum absolute atomic E-state index is 11.7. The first-order chi connectivity index (χ1) is 7.66. The second-order valence-electron chi connectivity index (χ2n) is 3.07. The SMILES string of the molecule is Cc1cc(NC(=O)c2cnns2)cnc1Br. The smallest absolute Gasteiger partial charge is 0.269 e. The Bertz CT molecular complexity index is 514. The van der Waals surface area contributed by atoms with Crippen LogP contribution in [0.3, 0.4) is 0 Å². The Kier molecular flexibility index (Phi) is 3.25. The predicted molar refractivity (Wildman–Crippen MR) is 64.5 cm³/mol. The number of carbonyl (C=O) groups excluding carboxylic acids is 1. The van der Waals surface area contributed by atoms with Gasteiger partial charge in [0.15, 0.2) is 0 Å². The zero-order chi connectivity index (χ0) is 11.5. The summed E-state index contributed by atoms with van der Waals surface area (Å²) in [5.74, 6) is -0.224. The van der Waals surface area contributed by atoms with Crippen molar-refractivity contribution in [3.8, 4) is 0 Å². The van der Waals surface area contributed by atoms with E-state index in [4.69, 9.17) is 0 Å². The third-order valence-electron chi connectivity index (χ3n) is 1.86. The van der Waals surface area contributed by atoms with Crippen LogP contribution in [0.5, 0.6) is 0 Å². The molecule has 82 valence electrons. The number of anilines is 1. The molecule has 0 aliphatic carbocycles. The lowest BCUT2D eigenvalue weighted by Gasteiger charge is -2.04. The molecule has 0 spiro atoms. The minimum atomic E-state index is -0.224. The minimum absolute atomic E-state index is 0.224. The van der Waals surface area contributed by atoms with Gasteiger partial charge in [-0.3, -0.25) is 4.79 Å². The normalized spacial score (nSPS) is 10.1. The molecule has 5 nitrogen and oxygen atoms in total. The zero-order valence-corrected chi connectivity index (χ0v) is 10.7. The molecule has 16 heavy (non-hydrogen) atoms. The minimum Gasteiger partial charge on any atom is -0.320 e. The van der Waals surface area contributed by atoms with Gasteiger partial charge in [-0.25, -0.2) is 4.98 Å². The third-order valence-corrected chi connectivity index (χ3v) is 3.35. The van der Waals surface area contributed by atoms with Gasteiger partial charge in [-0.2, -0.15) is 0 Å². The van der Waals surface area contributed by atoms with Crippen LogP contribution in [0.2, 0.25) is 0 Å². The Balaban J connectivity index is 2.15. The first kappa shape index (κ1) is 11.2. The van der Waals surface area contributed by atoms with E-state index in [0.29, 0.717) is 10.6 Å². The summed E-state index contributed by atoms with van der Waals surface area (Å²) in [4.78, 5) is 16.2. The second kappa shape index (κ2) is 4.67. The number of aryl methyl sites for hydroxylation is 1. The van der Waals surface area contributed by atoms with Crippen molar-refractivity contribution in [3.05, 3.63) is 33.5 Å². The van der Waals surface area contributed by atoms with E-state index in [1.165, 1.54) is 6.20 Å². The summed E-state index contributed by atoms with van der Waals surface area (Å²) in [6.45, 7) is 1.90. The van der Waals surface area contributed by atoms with Gasteiger partial charge in [0.1, 0.15) is 9.48 Å². The standard InChI is InChI=1S/C9H7BrN4OS/c1-5-2-6(3-11-8(5)10)13-9(15)7-4-12-14-16-7/h2-4H,1H3,(H,13,15). The molecule has 0 radical (unpaired) electrons. The van der Waals surface area contributed by atoms with E-state index >= 15 is 0 Å². The van der Waals surface area contributed by atoms with Crippen LogP contribution in [-0.2, 0) is 0 Å². The molecule has 1 N–H and O–H groups in total. The third kappa shape index (κ3) is 2.42. The molecule has 2 aromatic rings. The van der Waals surface area contributed by atoms with Crippen LogP contribution in [0.4, 0.5) is 5.69 Å². The Hall–Kier alpha value is -1.34. The van der Waals surface area contributed by atoms with E-state index in [1.807, 2.05) is 13.0 Å². The van der Waals surface area contributed by atoms with Crippen LogP contribution in [0.1, 0.15) is 15.2 Å². The van der Waals surface area contributed by atoms with E-state index in [1.54, 1.807) is 6.20 Å². The van der Waals surface area contributed by atoms with Gasteiger partial charge < -0.3 is 5.32 Å². The van der Waals surface area contributed by atoms with E-state index in [9.17, 15) is 4.79 Å². The molecule has 2 rings (SSSR count). The molecule has 0 fully saturated rings. The fraction of sp³-hybridized carbons (Fsp3) is 0.111. The van der Waals surface area contributed by atoms with Gasteiger partial charge in [-0.1, -0.05) is 4.49 Å². The Morgan fingerprint density at radius 1 is 1.50 bits per heavy atom. The highest BCUT2D eigenvalue weighted by atomic mass is 79.9. The lowest BCUT2D eigenvalue weighted by molar-refractivity contribution is 0.103. The molecule has 0 aliphatic rings. The lowest BCUT2D eigenvalue weighted by Crippen LogP contribution is -2.10. The number of aromatic nitrogens is 3. The summed E-state index contributed by atoms with van der Waals surface area (Å²) in [6.07, 6.45) is 3.02. The summed E-state index contributed by atoms with van der Waals surface area (Å²) < 4.78 is 4.39. The van der Waals surface area contributed by atoms with Crippen molar-refractivity contribution in [1.82, 2.24) is 14.6 Å². The van der Waals surface area contributed by atoms with E-state index in [-0.39, 0.29) is 5.91 Å². The Morgan fingerprint density at radius 3 is 2.94 bits per heavy atom. The quantitative estimate of drug-likeness (QED) is 0.864. The molecule has 0 atom stereocenters. The number of halogens is 1. The number of hydrogen-bond donors (Lipinski definition) is 1. The molecule has 2 aromatic heterocycles. The lowest BCUT2D eigenvalue weighted by atomic mass is 10.3. The first-order valence-corrected chi connectivity index (χ1v) is 5.94. The predicted octanol–water partition coefficient (Wildman–Crippen LogP) is 2.26. The van der Waals surface area contributed by atoms with Crippen LogP contribution < -0.4 is 5.32 Å². The fourth-order valence-electron chi connectivity index (χ4n) is 1.09. The topological polar surface area (TPSA) is 67.8 Å². The number of nitrogens with one attached hydrogen (secondary N) is 1. The van der Waals surface area contributed by atoms with Gasteiger partial charge in [0.05, 0.1) is 18.1 Å². The highest BCUT2D eigenvalue weighted by molar-refractivity contribution is 9.10. The molecule has 1 amide bonds. The molecule has 7 heteroatoms. The van der Waals surface area contributed by atoms with Gasteiger partial charge in [-0.05, 0) is 46.0 Å². The molecule has 0 bridgehead atoms. The summed E-state index contributed by atoms with van der Waals surface area (Å²) in [5.41, 5.74) is 1.61. The van der Waals surface area contributed by atoms with Crippen molar-refractivity contribution < 1.29 is 4.79 Å². The van der Waals surface area contributed by atoms with Gasteiger partial charge >= 0.3 is 0 Å². The monoisotopic (exact) mass is 298 g/mol. The van der Waals surface area contributed by atoms with Crippen LogP contribution in [-0.4, -0.2) is 20.5 Å². The van der Waals surface area contributed by atoms with Crippen LogP contribution >= 0.6 is 27.5 Å². The molecule has 0 aliphatic heterocycles. The van der Waals surface area contributed by atoms with E-state index in [0.717, 1.165) is 21.7 Å². The average Bonchev–Trinajstić information content (AvgIpc) is 2.77. The van der Waals surface area contributed by atoms with Crippen molar-refractivity contribution in [2.45, 2.75) is 6.92 Å². The van der Waals surface area contributed by atoms with Crippen molar-refractivity contribution in [1.29, 1.82) is 0 Å². The number of rotatable bonds is 2. The molecule has 0 saturated heterocycles. The van der Waals surface area contributed by atoms with E-state index < -0.39 is 0 Å². The van der Waals surface area contributed by atoms with Crippen molar-refractivity contribution in [2.75, 3.05) is 5.32 Å². The van der Waals surface area contributed by atoms with Crippen LogP contribution in [0.25, 0.3) is 0 Å². The van der Waals surface area contributed by atoms with Gasteiger partial charge in [0.25, 0.3) is 5.91 Å². The molecule has 2 heterocycles. The molecule has 0 aromatic carbocycles. The van der Waals surface area contributed by atoms with Gasteiger partial charge in [0.2, 0.25) is 0 Å². The maximum atomic E-state index is 11.7. The zero-order valence-electron chi connectivity index (χ0n) is 8.27. The number of amides is 1. The van der Waals surface area contributed by atoms with E-state index in [2.05, 4.69) is 35.8 Å². The van der Waals surface area contributed by atoms with Gasteiger partial charge in [-0.15, -0.1) is 5.10 Å². The first-order valence-electron chi connectivity index (χ1n) is 4.37. The fourth-order valence-corrected chi connectivity index (χ4v) is 1.71. The second-order valence-corrected chi connectivity index (χ2v) is 4.60. The number of carbonyl (C=O) groups is 1. The van der Waals surface area contributed by atoms with Crippen LogP contribution in [0, 0.1) is 6.92 Å². The summed E-state index contributed by atoms with van der Waals surface area (Å²) in [6, 6.07) is 1.84. The highest BCUT2D eigenvalue weighted by Gasteiger charge is 2.09. The number of pyridine rings is 1. The average molecular weight is 299 g/mol. The molecular weight excluding hydrogens is 292 g/mol. The largest absolute Gasteiger partial charge is 0.320 e. The van der Waals surface area contributed by atoms with Gasteiger partial charge in [0, 0.05) is 0 Å². The Labute approximate surface area is 104 Å². The van der Waals surface area contributed by atoms with Crippen molar-refractivity contribution in [3.63, 3.8) is 0 Å². The maximum Gasteiger partial charge on any atom is 0.269 e. The van der Waals surface area contributed by atoms with Crippen LogP contribution in [0.15, 0.2) is 23.1 Å². The van der Waals surface area contributed by atoms with Crippen molar-refractivity contribution in [2.24, 2.45) is 0 Å². The summed E-state index contributed by atoms with van der Waals surface area (Å²) in [5, 5.41) is 6.32. The molecular formula is C9H7BrN4OS.